The van der Waals surface area contributed by atoms with Gasteiger partial charge in [-0.15, -0.1) is 0 Å². The van der Waals surface area contributed by atoms with E-state index in [0.717, 1.165) is 15.4 Å². The lowest BCUT2D eigenvalue weighted by Crippen LogP contribution is -2.18. The molecule has 4 heteroatoms. The van der Waals surface area contributed by atoms with Gasteiger partial charge in [0.05, 0.1) is 10.5 Å². The fourth-order valence-electron chi connectivity index (χ4n) is 2.35. The summed E-state index contributed by atoms with van der Waals surface area (Å²) in [6.45, 7) is 0. The van der Waals surface area contributed by atoms with Crippen molar-refractivity contribution >= 4 is 26.9 Å². The first-order valence-corrected chi connectivity index (χ1v) is 7.09. The number of halogens is 2. The third-order valence-electron chi connectivity index (χ3n) is 3.30. The van der Waals surface area contributed by atoms with Crippen LogP contribution in [-0.2, 0) is 0 Å². The van der Waals surface area contributed by atoms with E-state index >= 15 is 0 Å². The molecule has 0 fully saturated rings. The zero-order chi connectivity index (χ0) is 14.1. The fraction of sp³-hybridized carbons (Fsp3) is 0.125. The quantitative estimate of drug-likeness (QED) is 0.755. The van der Waals surface area contributed by atoms with Crippen molar-refractivity contribution in [3.8, 4) is 0 Å². The monoisotopic (exact) mass is 333 g/mol. The molecule has 0 radical (unpaired) electrons. The Bertz CT molecular complexity index is 753. The highest BCUT2D eigenvalue weighted by Gasteiger charge is 2.20. The van der Waals surface area contributed by atoms with Gasteiger partial charge in [0.25, 0.3) is 0 Å². The minimum absolute atomic E-state index is 0.244. The summed E-state index contributed by atoms with van der Waals surface area (Å²) in [5.41, 5.74) is 1.35. The average Bonchev–Trinajstić information content (AvgIpc) is 2.87. The Kier molecular flexibility index (Phi) is 3.59. The van der Waals surface area contributed by atoms with Crippen LogP contribution in [0.1, 0.15) is 17.4 Å². The van der Waals surface area contributed by atoms with Gasteiger partial charge in [0, 0.05) is 10.9 Å². The largest absolute Gasteiger partial charge is 0.458 e. The molecule has 0 aliphatic heterocycles. The number of benzene rings is 2. The molecule has 0 saturated carbocycles. The fourth-order valence-corrected chi connectivity index (χ4v) is 2.81. The summed E-state index contributed by atoms with van der Waals surface area (Å²) < 4.78 is 20.7. The van der Waals surface area contributed by atoms with Crippen LogP contribution >= 0.6 is 15.9 Å². The molecule has 1 atom stereocenters. The van der Waals surface area contributed by atoms with Crippen LogP contribution in [0.15, 0.2) is 57.4 Å². The maximum atomic E-state index is 14.0. The molecule has 1 aromatic heterocycles. The Morgan fingerprint density at radius 1 is 1.15 bits per heavy atom. The number of rotatable bonds is 3. The van der Waals surface area contributed by atoms with Gasteiger partial charge in [0.15, 0.2) is 0 Å². The lowest BCUT2D eigenvalue weighted by Gasteiger charge is -2.14. The van der Waals surface area contributed by atoms with Crippen molar-refractivity contribution < 1.29 is 8.81 Å². The van der Waals surface area contributed by atoms with Gasteiger partial charge >= 0.3 is 0 Å². The van der Waals surface area contributed by atoms with Gasteiger partial charge in [-0.1, -0.05) is 30.3 Å². The highest BCUT2D eigenvalue weighted by atomic mass is 79.9. The molecular formula is C16H13BrFNO. The summed E-state index contributed by atoms with van der Waals surface area (Å²) in [4.78, 5) is 0. The van der Waals surface area contributed by atoms with Gasteiger partial charge in [-0.05, 0) is 41.2 Å². The second-order valence-electron chi connectivity index (χ2n) is 4.55. The van der Waals surface area contributed by atoms with E-state index in [1.807, 2.05) is 30.3 Å². The van der Waals surface area contributed by atoms with E-state index < -0.39 is 0 Å². The van der Waals surface area contributed by atoms with Gasteiger partial charge in [-0.2, -0.15) is 0 Å². The minimum Gasteiger partial charge on any atom is -0.458 e. The van der Waals surface area contributed by atoms with E-state index in [1.54, 1.807) is 19.2 Å². The Balaban J connectivity index is 2.12. The molecule has 0 aliphatic rings. The molecule has 20 heavy (non-hydrogen) atoms. The summed E-state index contributed by atoms with van der Waals surface area (Å²) in [6.07, 6.45) is 0. The van der Waals surface area contributed by atoms with E-state index in [2.05, 4.69) is 21.2 Å². The highest BCUT2D eigenvalue weighted by Crippen LogP contribution is 2.32. The first-order chi connectivity index (χ1) is 9.70. The summed E-state index contributed by atoms with van der Waals surface area (Å²) in [6, 6.07) is 14.2. The molecule has 1 heterocycles. The van der Waals surface area contributed by atoms with Crippen molar-refractivity contribution in [3.05, 3.63) is 70.1 Å². The van der Waals surface area contributed by atoms with E-state index in [0.29, 0.717) is 11.3 Å². The van der Waals surface area contributed by atoms with Crippen LogP contribution in [-0.4, -0.2) is 7.05 Å². The molecule has 102 valence electrons. The van der Waals surface area contributed by atoms with E-state index in [1.165, 1.54) is 6.07 Å². The van der Waals surface area contributed by atoms with Gasteiger partial charge in [-0.3, -0.25) is 0 Å². The molecule has 1 unspecified atom stereocenters. The van der Waals surface area contributed by atoms with Gasteiger partial charge in [0.1, 0.15) is 17.2 Å². The molecule has 0 bridgehead atoms. The smallest absolute Gasteiger partial charge is 0.148 e. The van der Waals surface area contributed by atoms with Crippen LogP contribution in [0.25, 0.3) is 11.0 Å². The predicted molar refractivity (Wildman–Crippen MR) is 81.2 cm³/mol. The Hall–Kier alpha value is -1.65. The van der Waals surface area contributed by atoms with Gasteiger partial charge in [-0.25, -0.2) is 4.39 Å². The molecule has 3 rings (SSSR count). The molecule has 0 amide bonds. The van der Waals surface area contributed by atoms with Crippen molar-refractivity contribution in [1.82, 2.24) is 5.32 Å². The molecular weight excluding hydrogens is 321 g/mol. The number of para-hydroxylation sites is 1. The molecule has 0 spiro atoms. The molecule has 0 saturated heterocycles. The van der Waals surface area contributed by atoms with E-state index in [-0.39, 0.29) is 11.9 Å². The molecule has 1 N–H and O–H groups in total. The van der Waals surface area contributed by atoms with Crippen molar-refractivity contribution in [2.75, 3.05) is 7.05 Å². The van der Waals surface area contributed by atoms with Crippen LogP contribution in [0.3, 0.4) is 0 Å². The zero-order valence-corrected chi connectivity index (χ0v) is 12.4. The maximum absolute atomic E-state index is 14.0. The summed E-state index contributed by atoms with van der Waals surface area (Å²) >= 11 is 3.46. The van der Waals surface area contributed by atoms with Crippen molar-refractivity contribution in [1.29, 1.82) is 0 Å². The SMILES string of the molecule is CNC(c1cc2cccc(Br)c2o1)c1ccccc1F. The zero-order valence-electron chi connectivity index (χ0n) is 10.9. The summed E-state index contributed by atoms with van der Waals surface area (Å²) in [7, 11) is 1.79. The third kappa shape index (κ3) is 2.25. The number of fused-ring (bicyclic) bond motifs is 1. The van der Waals surface area contributed by atoms with Crippen LogP contribution in [0.2, 0.25) is 0 Å². The van der Waals surface area contributed by atoms with Crippen molar-refractivity contribution in [2.45, 2.75) is 6.04 Å². The summed E-state index contributed by atoms with van der Waals surface area (Å²) in [5, 5.41) is 4.10. The topological polar surface area (TPSA) is 25.2 Å². The number of furan rings is 1. The number of hydrogen-bond donors (Lipinski definition) is 1. The third-order valence-corrected chi connectivity index (χ3v) is 3.93. The maximum Gasteiger partial charge on any atom is 0.148 e. The van der Waals surface area contributed by atoms with Crippen LogP contribution in [0.4, 0.5) is 4.39 Å². The Morgan fingerprint density at radius 3 is 2.65 bits per heavy atom. The molecule has 0 aliphatic carbocycles. The van der Waals surface area contributed by atoms with E-state index in [9.17, 15) is 4.39 Å². The standard InChI is InChI=1S/C16H13BrFNO/c1-19-15(11-6-2-3-8-13(11)18)14-9-10-5-4-7-12(17)16(10)20-14/h2-9,15,19H,1H3. The second-order valence-corrected chi connectivity index (χ2v) is 5.40. The van der Waals surface area contributed by atoms with Gasteiger partial charge < -0.3 is 9.73 Å². The highest BCUT2D eigenvalue weighted by molar-refractivity contribution is 9.10. The molecule has 3 aromatic rings. The normalized spacial score (nSPS) is 12.8. The number of hydrogen-bond acceptors (Lipinski definition) is 2. The lowest BCUT2D eigenvalue weighted by molar-refractivity contribution is 0.476. The van der Waals surface area contributed by atoms with Crippen LogP contribution < -0.4 is 5.32 Å². The van der Waals surface area contributed by atoms with Crippen LogP contribution in [0, 0.1) is 5.82 Å². The van der Waals surface area contributed by atoms with Crippen molar-refractivity contribution in [3.63, 3.8) is 0 Å². The first-order valence-electron chi connectivity index (χ1n) is 6.30. The van der Waals surface area contributed by atoms with Crippen molar-refractivity contribution in [2.24, 2.45) is 0 Å². The minimum atomic E-state index is -0.310. The lowest BCUT2D eigenvalue weighted by atomic mass is 10.0. The summed E-state index contributed by atoms with van der Waals surface area (Å²) in [5.74, 6) is 0.450. The predicted octanol–water partition coefficient (Wildman–Crippen LogP) is 4.64. The molecule has 2 aromatic carbocycles. The van der Waals surface area contributed by atoms with Crippen LogP contribution in [0.5, 0.6) is 0 Å². The van der Waals surface area contributed by atoms with Gasteiger partial charge in [0.2, 0.25) is 0 Å². The Morgan fingerprint density at radius 2 is 1.95 bits per heavy atom. The van der Waals surface area contributed by atoms with E-state index in [4.69, 9.17) is 4.42 Å². The molecule has 2 nitrogen and oxygen atoms in total. The Labute approximate surface area is 124 Å². The number of nitrogens with one attached hydrogen (secondary N) is 1. The second kappa shape index (κ2) is 5.38. The average molecular weight is 334 g/mol. The first kappa shape index (κ1) is 13.3.